The van der Waals surface area contributed by atoms with E-state index in [1.165, 1.54) is 16.1 Å². The predicted octanol–water partition coefficient (Wildman–Crippen LogP) is 2.72. The van der Waals surface area contributed by atoms with Gasteiger partial charge in [-0.1, -0.05) is 0 Å². The monoisotopic (exact) mass is 184 g/mol. The van der Waals surface area contributed by atoms with Crippen molar-refractivity contribution < 1.29 is 1.43 Å². The summed E-state index contributed by atoms with van der Waals surface area (Å²) in [7, 11) is 0. The Kier molecular flexibility index (Phi) is 2.69. The molecule has 2 rings (SSSR count). The maximum atomic E-state index is 2.27. The van der Waals surface area contributed by atoms with Crippen molar-refractivity contribution in [3.8, 4) is 0 Å². The fraction of sp³-hybridized carbons (Fsp3) is 0.167. The van der Waals surface area contributed by atoms with Gasteiger partial charge in [-0.2, -0.15) is 0 Å². The van der Waals surface area contributed by atoms with Crippen molar-refractivity contribution in [1.82, 2.24) is 0 Å². The molecule has 2 aromatic carbocycles. The van der Waals surface area contributed by atoms with Gasteiger partial charge >= 0.3 is 85.1 Å². The third-order valence-corrected chi connectivity index (χ3v) is 3.60. The summed E-state index contributed by atoms with van der Waals surface area (Å²) < 4.78 is 1.56. The molecule has 0 bridgehead atoms. The molecule has 64 valence electrons. The molecule has 0 N–H and O–H groups in total. The standard InChI is InChI=1S/C10H7.C2H5.Al.H/c1-2-6-10-8-4-3-7-9(10)5-1;1-2;;/h1-7H;1H2,2H3;;/q;;+1;-1. The van der Waals surface area contributed by atoms with Crippen LogP contribution in [-0.4, -0.2) is 15.2 Å². The summed E-state index contributed by atoms with van der Waals surface area (Å²) in [5.74, 6) is 0. The minimum Gasteiger partial charge on any atom is -1.00 e. The molecule has 0 aliphatic heterocycles. The average molecular weight is 184 g/mol. The van der Waals surface area contributed by atoms with Crippen LogP contribution in [0.5, 0.6) is 0 Å². The SMILES string of the molecule is C[CH2][Al+][c]1cccc2ccccc12.[H-]. The number of benzene rings is 2. The van der Waals surface area contributed by atoms with Crippen LogP contribution in [0.1, 0.15) is 8.35 Å². The Hall–Kier alpha value is -0.768. The predicted molar refractivity (Wildman–Crippen MR) is 60.9 cm³/mol. The topological polar surface area (TPSA) is 0 Å². The van der Waals surface area contributed by atoms with Gasteiger partial charge in [0.15, 0.2) is 0 Å². The molecule has 0 amide bonds. The molecule has 1 heteroatoms. The number of hydrogen-bond acceptors (Lipinski definition) is 0. The molecule has 0 saturated carbocycles. The molecule has 0 heterocycles. The molecule has 0 unspecified atom stereocenters. The second-order valence-corrected chi connectivity index (χ2v) is 5.03. The Balaban J connectivity index is 0.000000980. The molecular formula is C12H13Al. The number of rotatable bonds is 2. The van der Waals surface area contributed by atoms with E-state index in [2.05, 4.69) is 49.4 Å². The third-order valence-electron chi connectivity index (χ3n) is 2.25. The molecule has 0 radical (unpaired) electrons. The Morgan fingerprint density at radius 2 is 1.85 bits per heavy atom. The van der Waals surface area contributed by atoms with Crippen molar-refractivity contribution in [2.75, 3.05) is 0 Å². The quantitative estimate of drug-likeness (QED) is 0.629. The van der Waals surface area contributed by atoms with E-state index < -0.39 is 0 Å². The second kappa shape index (κ2) is 3.96. The zero-order chi connectivity index (χ0) is 9.10. The van der Waals surface area contributed by atoms with E-state index >= 15 is 0 Å². The molecule has 0 fully saturated rings. The summed E-state index contributed by atoms with van der Waals surface area (Å²) in [6, 6.07) is 15.3. The van der Waals surface area contributed by atoms with Crippen LogP contribution in [0.15, 0.2) is 42.5 Å². The van der Waals surface area contributed by atoms with Gasteiger partial charge in [0.05, 0.1) is 0 Å². The van der Waals surface area contributed by atoms with Crippen LogP contribution in [-0.2, 0) is 0 Å². The average Bonchev–Trinajstić information content (AvgIpc) is 2.19. The summed E-state index contributed by atoms with van der Waals surface area (Å²) in [5, 5.41) is 4.12. The van der Waals surface area contributed by atoms with Gasteiger partial charge in [-0.3, -0.25) is 0 Å². The van der Waals surface area contributed by atoms with Crippen molar-refractivity contribution in [2.24, 2.45) is 0 Å². The normalized spacial score (nSPS) is 9.92. The van der Waals surface area contributed by atoms with Gasteiger partial charge in [-0.25, -0.2) is 0 Å². The molecule has 13 heavy (non-hydrogen) atoms. The van der Waals surface area contributed by atoms with Crippen molar-refractivity contribution in [2.45, 2.75) is 12.2 Å². The van der Waals surface area contributed by atoms with Gasteiger partial charge in [-0.05, 0) is 0 Å². The molecule has 0 nitrogen and oxygen atoms in total. The van der Waals surface area contributed by atoms with Crippen LogP contribution < -0.4 is 4.43 Å². The van der Waals surface area contributed by atoms with E-state index in [0.29, 0.717) is 15.2 Å². The molecule has 0 aliphatic rings. The van der Waals surface area contributed by atoms with Crippen molar-refractivity contribution in [3.63, 3.8) is 0 Å². The molecular weight excluding hydrogens is 171 g/mol. The molecule has 0 atom stereocenters. The summed E-state index contributed by atoms with van der Waals surface area (Å²) in [6.45, 7) is 2.26. The van der Waals surface area contributed by atoms with Gasteiger partial charge in [0.25, 0.3) is 0 Å². The molecule has 0 aromatic heterocycles. The van der Waals surface area contributed by atoms with Crippen LogP contribution >= 0.6 is 0 Å². The first-order chi connectivity index (χ1) is 6.42. The molecule has 2 aromatic rings. The maximum absolute atomic E-state index is 2.27. The van der Waals surface area contributed by atoms with E-state index in [0.717, 1.165) is 0 Å². The summed E-state index contributed by atoms with van der Waals surface area (Å²) in [4.78, 5) is 0. The van der Waals surface area contributed by atoms with Crippen molar-refractivity contribution in [1.29, 1.82) is 0 Å². The van der Waals surface area contributed by atoms with Gasteiger partial charge < -0.3 is 1.43 Å². The first-order valence-electron chi connectivity index (χ1n) is 4.73. The minimum absolute atomic E-state index is 0. The van der Waals surface area contributed by atoms with Crippen LogP contribution in [0.2, 0.25) is 5.28 Å². The maximum Gasteiger partial charge on any atom is -1.00 e. The summed E-state index contributed by atoms with van der Waals surface area (Å²) in [6.07, 6.45) is 0. The second-order valence-electron chi connectivity index (χ2n) is 3.18. The van der Waals surface area contributed by atoms with E-state index in [4.69, 9.17) is 0 Å². The number of hydrogen-bond donors (Lipinski definition) is 0. The van der Waals surface area contributed by atoms with Gasteiger partial charge in [0.2, 0.25) is 0 Å². The number of fused-ring (bicyclic) bond motifs is 1. The van der Waals surface area contributed by atoms with E-state index in [1.807, 2.05) is 0 Å². The van der Waals surface area contributed by atoms with Crippen molar-refractivity contribution >= 4 is 30.4 Å². The Bertz CT molecular complexity index is 406. The fourth-order valence-corrected chi connectivity index (χ4v) is 2.82. The summed E-state index contributed by atoms with van der Waals surface area (Å²) in [5.41, 5.74) is 0. The molecule has 0 spiro atoms. The van der Waals surface area contributed by atoms with E-state index in [-0.39, 0.29) is 1.43 Å². The van der Waals surface area contributed by atoms with Crippen LogP contribution in [0.3, 0.4) is 0 Å². The van der Waals surface area contributed by atoms with E-state index in [9.17, 15) is 0 Å². The van der Waals surface area contributed by atoms with Crippen molar-refractivity contribution in [3.05, 3.63) is 42.5 Å². The zero-order valence-corrected chi connectivity index (χ0v) is 8.98. The first-order valence-corrected chi connectivity index (χ1v) is 6.12. The third kappa shape index (κ3) is 1.77. The van der Waals surface area contributed by atoms with Gasteiger partial charge in [-0.15, -0.1) is 0 Å². The first kappa shape index (κ1) is 8.81. The molecule has 0 aliphatic carbocycles. The Labute approximate surface area is 86.8 Å². The van der Waals surface area contributed by atoms with E-state index in [1.54, 1.807) is 4.43 Å². The summed E-state index contributed by atoms with van der Waals surface area (Å²) >= 11 is 0.459. The fourth-order valence-electron chi connectivity index (χ4n) is 1.65. The van der Waals surface area contributed by atoms with Gasteiger partial charge in [0, 0.05) is 0 Å². The zero-order valence-electron chi connectivity index (χ0n) is 8.83. The van der Waals surface area contributed by atoms with Crippen LogP contribution in [0.25, 0.3) is 10.8 Å². The minimum atomic E-state index is 0. The smallest absolute Gasteiger partial charge is 1.00 e. The molecule has 0 saturated heterocycles. The van der Waals surface area contributed by atoms with Crippen LogP contribution in [0.4, 0.5) is 0 Å². The van der Waals surface area contributed by atoms with Gasteiger partial charge in [0.1, 0.15) is 0 Å². The van der Waals surface area contributed by atoms with Crippen LogP contribution in [0, 0.1) is 0 Å². The Morgan fingerprint density at radius 3 is 2.69 bits per heavy atom. The largest absolute Gasteiger partial charge is 1.00 e. The Morgan fingerprint density at radius 1 is 1.08 bits per heavy atom.